The van der Waals surface area contributed by atoms with E-state index in [1.54, 1.807) is 0 Å². The largest absolute Gasteiger partial charge is 0.481 e. The molecule has 1 aliphatic heterocycles. The standard InChI is InChI=1S/C15H27NO3/c1-15(14(17)18,13-5-3-2-4-6-13)7-8-16-9-11-19-12-10-16/h13H,2-12H2,1H3,(H,17,18). The number of carbonyl (C=O) groups is 1. The lowest BCUT2D eigenvalue weighted by Gasteiger charge is -2.38. The quantitative estimate of drug-likeness (QED) is 0.832. The average molecular weight is 269 g/mol. The average Bonchev–Trinajstić information content (AvgIpc) is 2.46. The lowest BCUT2D eigenvalue weighted by molar-refractivity contribution is -0.153. The molecule has 0 spiro atoms. The normalized spacial score (nSPS) is 25.9. The Morgan fingerprint density at radius 3 is 2.47 bits per heavy atom. The van der Waals surface area contributed by atoms with Gasteiger partial charge in [0.15, 0.2) is 0 Å². The van der Waals surface area contributed by atoms with Crippen molar-refractivity contribution in [1.29, 1.82) is 0 Å². The Hall–Kier alpha value is -0.610. The van der Waals surface area contributed by atoms with Crippen molar-refractivity contribution in [3.8, 4) is 0 Å². The Balaban J connectivity index is 1.91. The van der Waals surface area contributed by atoms with E-state index in [1.807, 2.05) is 6.92 Å². The van der Waals surface area contributed by atoms with Crippen LogP contribution in [0.4, 0.5) is 0 Å². The van der Waals surface area contributed by atoms with Crippen molar-refractivity contribution in [2.45, 2.75) is 45.4 Å². The summed E-state index contributed by atoms with van der Waals surface area (Å²) in [6, 6.07) is 0. The van der Waals surface area contributed by atoms with Gasteiger partial charge in [0.25, 0.3) is 0 Å². The molecule has 1 heterocycles. The first-order chi connectivity index (χ1) is 9.13. The van der Waals surface area contributed by atoms with Crippen molar-refractivity contribution in [2.24, 2.45) is 11.3 Å². The molecule has 1 unspecified atom stereocenters. The first kappa shape index (κ1) is 14.8. The second kappa shape index (κ2) is 6.71. The van der Waals surface area contributed by atoms with Gasteiger partial charge in [0.05, 0.1) is 18.6 Å². The summed E-state index contributed by atoms with van der Waals surface area (Å²) in [6.07, 6.45) is 6.62. The van der Waals surface area contributed by atoms with Crippen LogP contribution in [-0.4, -0.2) is 48.8 Å². The zero-order valence-electron chi connectivity index (χ0n) is 12.1. The van der Waals surface area contributed by atoms with Crippen molar-refractivity contribution in [2.75, 3.05) is 32.8 Å². The third-order valence-electron chi connectivity index (χ3n) is 5.05. The third-order valence-corrected chi connectivity index (χ3v) is 5.05. The molecule has 4 heteroatoms. The second-order valence-corrected chi connectivity index (χ2v) is 6.26. The van der Waals surface area contributed by atoms with Gasteiger partial charge in [0, 0.05) is 13.1 Å². The molecule has 2 rings (SSSR count). The summed E-state index contributed by atoms with van der Waals surface area (Å²) >= 11 is 0. The highest BCUT2D eigenvalue weighted by Gasteiger charge is 2.41. The van der Waals surface area contributed by atoms with Crippen molar-refractivity contribution in [3.05, 3.63) is 0 Å². The summed E-state index contributed by atoms with van der Waals surface area (Å²) in [5.74, 6) is -0.243. The Kier molecular flexibility index (Phi) is 5.22. The van der Waals surface area contributed by atoms with E-state index in [0.29, 0.717) is 5.92 Å². The Morgan fingerprint density at radius 1 is 1.26 bits per heavy atom. The number of hydrogen-bond donors (Lipinski definition) is 1. The minimum atomic E-state index is -0.604. The molecule has 0 aromatic carbocycles. The van der Waals surface area contributed by atoms with Crippen LogP contribution < -0.4 is 0 Å². The van der Waals surface area contributed by atoms with Crippen molar-refractivity contribution in [1.82, 2.24) is 4.90 Å². The Bertz CT molecular complexity index is 296. The fraction of sp³-hybridized carbons (Fsp3) is 0.933. The second-order valence-electron chi connectivity index (χ2n) is 6.26. The van der Waals surface area contributed by atoms with E-state index in [-0.39, 0.29) is 0 Å². The summed E-state index contributed by atoms with van der Waals surface area (Å²) in [5, 5.41) is 9.67. The van der Waals surface area contributed by atoms with Gasteiger partial charge in [-0.15, -0.1) is 0 Å². The van der Waals surface area contributed by atoms with Crippen LogP contribution in [0.25, 0.3) is 0 Å². The molecule has 1 atom stereocenters. The molecule has 19 heavy (non-hydrogen) atoms. The van der Waals surface area contributed by atoms with Crippen LogP contribution in [0.2, 0.25) is 0 Å². The van der Waals surface area contributed by atoms with Gasteiger partial charge in [-0.05, 0) is 38.6 Å². The van der Waals surface area contributed by atoms with Crippen LogP contribution >= 0.6 is 0 Å². The fourth-order valence-corrected chi connectivity index (χ4v) is 3.44. The summed E-state index contributed by atoms with van der Waals surface area (Å²) in [5.41, 5.74) is -0.543. The smallest absolute Gasteiger partial charge is 0.309 e. The molecule has 2 fully saturated rings. The molecule has 0 aromatic rings. The van der Waals surface area contributed by atoms with Crippen LogP contribution in [0.5, 0.6) is 0 Å². The van der Waals surface area contributed by atoms with E-state index in [0.717, 1.165) is 52.1 Å². The van der Waals surface area contributed by atoms with Gasteiger partial charge in [-0.2, -0.15) is 0 Å². The molecule has 0 aromatic heterocycles. The monoisotopic (exact) mass is 269 g/mol. The fourth-order valence-electron chi connectivity index (χ4n) is 3.44. The van der Waals surface area contributed by atoms with Crippen LogP contribution in [0.1, 0.15) is 45.4 Å². The minimum absolute atomic E-state index is 0.361. The number of hydrogen-bond acceptors (Lipinski definition) is 3. The molecule has 1 saturated heterocycles. The number of aliphatic carboxylic acids is 1. The van der Waals surface area contributed by atoms with E-state index < -0.39 is 11.4 Å². The summed E-state index contributed by atoms with van der Waals surface area (Å²) < 4.78 is 5.34. The molecule has 4 nitrogen and oxygen atoms in total. The van der Waals surface area contributed by atoms with Crippen LogP contribution in [0.3, 0.4) is 0 Å². The number of carboxylic acids is 1. The van der Waals surface area contributed by atoms with Crippen molar-refractivity contribution < 1.29 is 14.6 Å². The van der Waals surface area contributed by atoms with Gasteiger partial charge in [0.1, 0.15) is 0 Å². The van der Waals surface area contributed by atoms with E-state index >= 15 is 0 Å². The topological polar surface area (TPSA) is 49.8 Å². The summed E-state index contributed by atoms with van der Waals surface area (Å²) in [7, 11) is 0. The summed E-state index contributed by atoms with van der Waals surface area (Å²) in [4.78, 5) is 14.1. The molecule has 0 amide bonds. The highest BCUT2D eigenvalue weighted by atomic mass is 16.5. The lowest BCUT2D eigenvalue weighted by atomic mass is 9.68. The molecule has 1 aliphatic carbocycles. The maximum absolute atomic E-state index is 11.8. The maximum Gasteiger partial charge on any atom is 0.309 e. The van der Waals surface area contributed by atoms with Crippen LogP contribution in [-0.2, 0) is 9.53 Å². The highest BCUT2D eigenvalue weighted by Crippen LogP contribution is 2.41. The molecule has 110 valence electrons. The maximum atomic E-state index is 11.8. The predicted octanol–water partition coefficient (Wildman–Crippen LogP) is 2.38. The van der Waals surface area contributed by atoms with Crippen LogP contribution in [0.15, 0.2) is 0 Å². The number of rotatable bonds is 5. The molecule has 2 aliphatic rings. The SMILES string of the molecule is CC(CCN1CCOCC1)(C(=O)O)C1CCCCC1. The van der Waals surface area contributed by atoms with E-state index in [2.05, 4.69) is 4.90 Å². The molecular weight excluding hydrogens is 242 g/mol. The van der Waals surface area contributed by atoms with Gasteiger partial charge in [-0.1, -0.05) is 19.3 Å². The zero-order valence-corrected chi connectivity index (χ0v) is 12.1. The number of carboxylic acid groups (broad SMARTS) is 1. The number of morpholine rings is 1. The van der Waals surface area contributed by atoms with Gasteiger partial charge in [-0.25, -0.2) is 0 Å². The number of nitrogens with zero attached hydrogens (tertiary/aromatic N) is 1. The van der Waals surface area contributed by atoms with E-state index in [4.69, 9.17) is 4.74 Å². The van der Waals surface area contributed by atoms with Crippen LogP contribution in [0, 0.1) is 11.3 Å². The van der Waals surface area contributed by atoms with Gasteiger partial charge in [-0.3, -0.25) is 9.69 Å². The van der Waals surface area contributed by atoms with E-state index in [1.165, 1.54) is 19.3 Å². The number of ether oxygens (including phenoxy) is 1. The summed E-state index contributed by atoms with van der Waals surface area (Å²) in [6.45, 7) is 6.32. The Morgan fingerprint density at radius 2 is 1.89 bits per heavy atom. The van der Waals surface area contributed by atoms with Crippen molar-refractivity contribution >= 4 is 5.97 Å². The molecular formula is C15H27NO3. The molecule has 1 saturated carbocycles. The molecule has 0 radical (unpaired) electrons. The third kappa shape index (κ3) is 3.69. The lowest BCUT2D eigenvalue weighted by Crippen LogP contribution is -2.43. The van der Waals surface area contributed by atoms with Gasteiger partial charge < -0.3 is 9.84 Å². The van der Waals surface area contributed by atoms with Gasteiger partial charge in [0.2, 0.25) is 0 Å². The minimum Gasteiger partial charge on any atom is -0.481 e. The first-order valence-corrected chi connectivity index (χ1v) is 7.66. The highest BCUT2D eigenvalue weighted by molar-refractivity contribution is 5.74. The Labute approximate surface area is 116 Å². The molecule has 1 N–H and O–H groups in total. The first-order valence-electron chi connectivity index (χ1n) is 7.66. The van der Waals surface area contributed by atoms with Gasteiger partial charge >= 0.3 is 5.97 Å². The predicted molar refractivity (Wildman–Crippen MR) is 74.2 cm³/mol. The van der Waals surface area contributed by atoms with Crippen molar-refractivity contribution in [3.63, 3.8) is 0 Å². The van der Waals surface area contributed by atoms with E-state index in [9.17, 15) is 9.90 Å². The zero-order chi connectivity index (χ0) is 13.7. The molecule has 0 bridgehead atoms.